The van der Waals surface area contributed by atoms with Crippen LogP contribution < -0.4 is 5.32 Å². The Bertz CT molecular complexity index is 292. The molecule has 2 aliphatic carbocycles. The molecule has 2 atom stereocenters. The summed E-state index contributed by atoms with van der Waals surface area (Å²) in [4.78, 5) is 0. The lowest BCUT2D eigenvalue weighted by Gasteiger charge is -2.44. The highest BCUT2D eigenvalue weighted by molar-refractivity contribution is 4.90. The Hall–Kier alpha value is -0.0800. The summed E-state index contributed by atoms with van der Waals surface area (Å²) < 4.78 is 6.78. The van der Waals surface area contributed by atoms with Gasteiger partial charge in [-0.2, -0.15) is 0 Å². The third-order valence-corrected chi connectivity index (χ3v) is 5.28. The van der Waals surface area contributed by atoms with Gasteiger partial charge in [0.1, 0.15) is 0 Å². The van der Waals surface area contributed by atoms with Gasteiger partial charge in [-0.05, 0) is 50.5 Å². The Morgan fingerprint density at radius 1 is 1.05 bits per heavy atom. The van der Waals surface area contributed by atoms with E-state index in [9.17, 15) is 0 Å². The van der Waals surface area contributed by atoms with Crippen LogP contribution in [-0.2, 0) is 4.74 Å². The van der Waals surface area contributed by atoms with Crippen molar-refractivity contribution in [2.24, 2.45) is 11.3 Å². The zero-order valence-electron chi connectivity index (χ0n) is 14.1. The van der Waals surface area contributed by atoms with Crippen molar-refractivity contribution in [1.29, 1.82) is 0 Å². The third kappa shape index (κ3) is 4.46. The van der Waals surface area contributed by atoms with Crippen LogP contribution in [-0.4, -0.2) is 25.3 Å². The summed E-state index contributed by atoms with van der Waals surface area (Å²) in [5.41, 5.74) is 0.566. The van der Waals surface area contributed by atoms with Gasteiger partial charge in [0, 0.05) is 6.54 Å². The van der Waals surface area contributed by atoms with Crippen LogP contribution in [0.25, 0.3) is 0 Å². The van der Waals surface area contributed by atoms with Gasteiger partial charge in [-0.3, -0.25) is 0 Å². The number of nitrogens with one attached hydrogen (secondary N) is 1. The van der Waals surface area contributed by atoms with Gasteiger partial charge >= 0.3 is 0 Å². The van der Waals surface area contributed by atoms with E-state index in [0.717, 1.165) is 12.5 Å². The molecule has 0 spiro atoms. The lowest BCUT2D eigenvalue weighted by molar-refractivity contribution is -0.131. The van der Waals surface area contributed by atoms with Gasteiger partial charge in [-0.25, -0.2) is 0 Å². The van der Waals surface area contributed by atoms with Crippen molar-refractivity contribution in [2.45, 2.75) is 90.3 Å². The maximum Gasteiger partial charge on any atom is 0.0809 e. The molecule has 0 heterocycles. The Kier molecular flexibility index (Phi) is 5.53. The van der Waals surface area contributed by atoms with Gasteiger partial charge in [-0.1, -0.05) is 46.5 Å². The van der Waals surface area contributed by atoms with Gasteiger partial charge in [0.05, 0.1) is 11.7 Å². The summed E-state index contributed by atoms with van der Waals surface area (Å²) in [6, 6.07) is 0. The van der Waals surface area contributed by atoms with Crippen LogP contribution in [0.3, 0.4) is 0 Å². The topological polar surface area (TPSA) is 21.3 Å². The fraction of sp³-hybridized carbons (Fsp3) is 1.00. The van der Waals surface area contributed by atoms with E-state index in [1.165, 1.54) is 57.8 Å². The molecule has 118 valence electrons. The minimum atomic E-state index is 0.114. The van der Waals surface area contributed by atoms with Crippen molar-refractivity contribution in [2.75, 3.05) is 13.6 Å². The minimum absolute atomic E-state index is 0.114. The zero-order chi connectivity index (χ0) is 14.6. The Balaban J connectivity index is 2.03. The molecule has 0 amide bonds. The molecular weight excluding hydrogens is 246 g/mol. The molecule has 2 heteroatoms. The normalized spacial score (nSPS) is 33.6. The highest BCUT2D eigenvalue weighted by atomic mass is 16.5. The fourth-order valence-corrected chi connectivity index (χ4v) is 4.73. The van der Waals surface area contributed by atoms with Gasteiger partial charge in [0.25, 0.3) is 0 Å². The van der Waals surface area contributed by atoms with Gasteiger partial charge in [0.15, 0.2) is 0 Å². The number of rotatable bonds is 4. The Morgan fingerprint density at radius 3 is 2.25 bits per heavy atom. The average molecular weight is 281 g/mol. The van der Waals surface area contributed by atoms with Crippen LogP contribution in [0.1, 0.15) is 78.6 Å². The Morgan fingerprint density at radius 2 is 1.70 bits per heavy atom. The maximum absolute atomic E-state index is 6.78. The van der Waals surface area contributed by atoms with Crippen LogP contribution in [0, 0.1) is 11.3 Å². The first-order valence-corrected chi connectivity index (χ1v) is 8.77. The molecule has 2 saturated carbocycles. The molecule has 1 N–H and O–H groups in total. The maximum atomic E-state index is 6.78. The van der Waals surface area contributed by atoms with Crippen LogP contribution in [0.4, 0.5) is 0 Å². The molecular formula is C18H35NO. The minimum Gasteiger partial charge on any atom is -0.370 e. The van der Waals surface area contributed by atoms with E-state index in [4.69, 9.17) is 4.74 Å². The van der Waals surface area contributed by atoms with E-state index in [2.05, 4.69) is 33.1 Å². The number of likely N-dealkylation sites (N-methyl/N-ethyl adjacent to an activating group) is 1. The molecule has 0 radical (unpaired) electrons. The first kappa shape index (κ1) is 16.3. The summed E-state index contributed by atoms with van der Waals surface area (Å²) in [7, 11) is 2.07. The lowest BCUT2D eigenvalue weighted by atomic mass is 9.71. The summed E-state index contributed by atoms with van der Waals surface area (Å²) in [6.45, 7) is 8.25. The first-order chi connectivity index (χ1) is 9.45. The molecule has 0 aromatic rings. The van der Waals surface area contributed by atoms with E-state index in [1.54, 1.807) is 0 Å². The van der Waals surface area contributed by atoms with Crippen molar-refractivity contribution in [3.8, 4) is 0 Å². The summed E-state index contributed by atoms with van der Waals surface area (Å²) >= 11 is 0. The third-order valence-electron chi connectivity index (χ3n) is 5.28. The number of hydrogen-bond acceptors (Lipinski definition) is 2. The predicted molar refractivity (Wildman–Crippen MR) is 86.0 cm³/mol. The number of hydrogen-bond donors (Lipinski definition) is 1. The van der Waals surface area contributed by atoms with E-state index in [-0.39, 0.29) is 5.60 Å². The second-order valence-corrected chi connectivity index (χ2v) is 8.28. The Labute approximate surface area is 126 Å². The summed E-state index contributed by atoms with van der Waals surface area (Å²) in [6.07, 6.45) is 12.3. The molecule has 2 unspecified atom stereocenters. The fourth-order valence-electron chi connectivity index (χ4n) is 4.73. The second-order valence-electron chi connectivity index (χ2n) is 8.28. The first-order valence-electron chi connectivity index (χ1n) is 8.77. The lowest BCUT2D eigenvalue weighted by Crippen LogP contribution is -2.46. The van der Waals surface area contributed by atoms with Crippen molar-refractivity contribution in [3.05, 3.63) is 0 Å². The quantitative estimate of drug-likeness (QED) is 0.764. The molecule has 2 fully saturated rings. The van der Waals surface area contributed by atoms with Crippen molar-refractivity contribution in [3.63, 3.8) is 0 Å². The van der Waals surface area contributed by atoms with E-state index in [1.807, 2.05) is 0 Å². The molecule has 0 aromatic carbocycles. The number of ether oxygens (including phenoxy) is 1. The van der Waals surface area contributed by atoms with Crippen LogP contribution in [0.2, 0.25) is 0 Å². The molecule has 2 nitrogen and oxygen atoms in total. The molecule has 2 aliphatic rings. The largest absolute Gasteiger partial charge is 0.370 e. The SMILES string of the molecule is CNCC1(OC2CC(C)CC(C)(C)C2)CCCCCC1. The zero-order valence-corrected chi connectivity index (χ0v) is 14.1. The summed E-state index contributed by atoms with van der Waals surface area (Å²) in [5, 5.41) is 3.40. The van der Waals surface area contributed by atoms with Crippen molar-refractivity contribution >= 4 is 0 Å². The molecule has 0 bridgehead atoms. The smallest absolute Gasteiger partial charge is 0.0809 e. The van der Waals surface area contributed by atoms with E-state index in [0.29, 0.717) is 11.5 Å². The molecule has 0 saturated heterocycles. The monoisotopic (exact) mass is 281 g/mol. The molecule has 0 aliphatic heterocycles. The van der Waals surface area contributed by atoms with Crippen molar-refractivity contribution in [1.82, 2.24) is 5.32 Å². The van der Waals surface area contributed by atoms with Gasteiger partial charge in [0.2, 0.25) is 0 Å². The van der Waals surface area contributed by atoms with Gasteiger partial charge < -0.3 is 10.1 Å². The molecule has 20 heavy (non-hydrogen) atoms. The van der Waals surface area contributed by atoms with E-state index >= 15 is 0 Å². The second kappa shape index (κ2) is 6.79. The standard InChI is InChI=1S/C18H35NO/c1-15-11-16(13-17(2,3)12-15)20-18(14-19-4)9-7-5-6-8-10-18/h15-16,19H,5-14H2,1-4H3. The molecule has 0 aromatic heterocycles. The highest BCUT2D eigenvalue weighted by Crippen LogP contribution is 2.42. The van der Waals surface area contributed by atoms with Gasteiger partial charge in [-0.15, -0.1) is 0 Å². The predicted octanol–water partition coefficient (Wildman–Crippen LogP) is 4.53. The van der Waals surface area contributed by atoms with Crippen LogP contribution in [0.5, 0.6) is 0 Å². The van der Waals surface area contributed by atoms with E-state index < -0.39 is 0 Å². The van der Waals surface area contributed by atoms with Crippen molar-refractivity contribution < 1.29 is 4.74 Å². The highest BCUT2D eigenvalue weighted by Gasteiger charge is 2.39. The van der Waals surface area contributed by atoms with Crippen LogP contribution >= 0.6 is 0 Å². The molecule has 2 rings (SSSR count). The van der Waals surface area contributed by atoms with Crippen LogP contribution in [0.15, 0.2) is 0 Å². The average Bonchev–Trinajstić information content (AvgIpc) is 2.52. The summed E-state index contributed by atoms with van der Waals surface area (Å²) in [5.74, 6) is 0.807.